The molecule has 70 valence electrons. The van der Waals surface area contributed by atoms with Gasteiger partial charge in [-0.05, 0) is 25.1 Å². The number of hydrogen-bond acceptors (Lipinski definition) is 1. The summed E-state index contributed by atoms with van der Waals surface area (Å²) in [6, 6.07) is 4.09. The molecule has 1 N–H and O–H groups in total. The average Bonchev–Trinajstić information content (AvgIpc) is 2.03. The molecular formula is C9H9BrFNO. The van der Waals surface area contributed by atoms with Gasteiger partial charge in [-0.25, -0.2) is 4.39 Å². The average molecular weight is 246 g/mol. The molecule has 0 saturated heterocycles. The number of rotatable bonds is 2. The summed E-state index contributed by atoms with van der Waals surface area (Å²) in [5, 5.41) is 2.59. The van der Waals surface area contributed by atoms with Crippen LogP contribution < -0.4 is 5.32 Å². The highest BCUT2D eigenvalue weighted by Crippen LogP contribution is 2.14. The molecule has 0 bridgehead atoms. The summed E-state index contributed by atoms with van der Waals surface area (Å²) in [7, 11) is 0. The number of halogens is 2. The van der Waals surface area contributed by atoms with E-state index >= 15 is 0 Å². The molecule has 0 aliphatic rings. The van der Waals surface area contributed by atoms with Crippen molar-refractivity contribution in [1.82, 2.24) is 5.32 Å². The predicted molar refractivity (Wildman–Crippen MR) is 52.1 cm³/mol. The Morgan fingerprint density at radius 3 is 2.77 bits per heavy atom. The lowest BCUT2D eigenvalue weighted by Gasteiger charge is -2.02. The van der Waals surface area contributed by atoms with Crippen molar-refractivity contribution in [2.24, 2.45) is 0 Å². The number of amides is 1. The molecule has 0 aliphatic carbocycles. The summed E-state index contributed by atoms with van der Waals surface area (Å²) >= 11 is 3.11. The zero-order valence-corrected chi connectivity index (χ0v) is 8.69. The van der Waals surface area contributed by atoms with Crippen LogP contribution in [0.4, 0.5) is 4.39 Å². The first kappa shape index (κ1) is 10.2. The van der Waals surface area contributed by atoms with Gasteiger partial charge in [0.05, 0.1) is 0 Å². The summed E-state index contributed by atoms with van der Waals surface area (Å²) in [6.45, 7) is 2.35. The Morgan fingerprint density at radius 1 is 1.54 bits per heavy atom. The van der Waals surface area contributed by atoms with Crippen molar-refractivity contribution in [3.63, 3.8) is 0 Å². The molecule has 0 aliphatic heterocycles. The fourth-order valence-corrected chi connectivity index (χ4v) is 1.41. The van der Waals surface area contributed by atoms with Crippen LogP contribution in [0.15, 0.2) is 22.7 Å². The largest absolute Gasteiger partial charge is 0.352 e. The first-order valence-electron chi connectivity index (χ1n) is 3.87. The lowest BCUT2D eigenvalue weighted by Crippen LogP contribution is -2.22. The summed E-state index contributed by atoms with van der Waals surface area (Å²) < 4.78 is 13.4. The lowest BCUT2D eigenvalue weighted by atomic mass is 10.2. The van der Waals surface area contributed by atoms with Gasteiger partial charge in [0, 0.05) is 16.6 Å². The van der Waals surface area contributed by atoms with Crippen molar-refractivity contribution in [3.8, 4) is 0 Å². The third kappa shape index (κ3) is 2.81. The molecule has 1 amide bonds. The Kier molecular flexibility index (Phi) is 3.42. The highest BCUT2D eigenvalue weighted by molar-refractivity contribution is 9.10. The van der Waals surface area contributed by atoms with Crippen molar-refractivity contribution in [3.05, 3.63) is 34.1 Å². The number of nitrogens with one attached hydrogen (secondary N) is 1. The van der Waals surface area contributed by atoms with E-state index in [1.807, 2.05) is 6.92 Å². The van der Waals surface area contributed by atoms with Crippen molar-refractivity contribution >= 4 is 21.8 Å². The Bertz CT molecular complexity index is 307. The van der Waals surface area contributed by atoms with Crippen LogP contribution in [0.5, 0.6) is 0 Å². The molecule has 0 aromatic heterocycles. The van der Waals surface area contributed by atoms with E-state index in [1.54, 1.807) is 6.07 Å². The van der Waals surface area contributed by atoms with Gasteiger partial charge >= 0.3 is 0 Å². The zero-order chi connectivity index (χ0) is 9.84. The minimum absolute atomic E-state index is 0.261. The third-order valence-corrected chi connectivity index (χ3v) is 1.92. The molecule has 2 nitrogen and oxygen atoms in total. The summed E-state index contributed by atoms with van der Waals surface area (Å²) in [5.74, 6) is -0.682. The molecule has 0 fully saturated rings. The predicted octanol–water partition coefficient (Wildman–Crippen LogP) is 2.34. The first-order valence-corrected chi connectivity index (χ1v) is 4.67. The van der Waals surface area contributed by atoms with Gasteiger partial charge in [-0.2, -0.15) is 0 Å². The Morgan fingerprint density at radius 2 is 2.23 bits per heavy atom. The highest BCUT2D eigenvalue weighted by atomic mass is 79.9. The van der Waals surface area contributed by atoms with Crippen LogP contribution >= 0.6 is 15.9 Å². The Labute approximate surface area is 84.3 Å². The number of carbonyl (C=O) groups is 1. The highest BCUT2D eigenvalue weighted by Gasteiger charge is 2.06. The second kappa shape index (κ2) is 4.37. The first-order chi connectivity index (χ1) is 6.13. The molecule has 1 rings (SSSR count). The maximum absolute atomic E-state index is 12.8. The molecule has 13 heavy (non-hydrogen) atoms. The number of carbonyl (C=O) groups excluding carboxylic acids is 1. The molecular weight excluding hydrogens is 237 g/mol. The van der Waals surface area contributed by atoms with Crippen molar-refractivity contribution in [1.29, 1.82) is 0 Å². The molecule has 0 saturated carbocycles. The van der Waals surface area contributed by atoms with Crippen LogP contribution in [0.25, 0.3) is 0 Å². The van der Waals surface area contributed by atoms with E-state index in [0.717, 1.165) is 0 Å². The van der Waals surface area contributed by atoms with Crippen LogP contribution in [-0.2, 0) is 0 Å². The monoisotopic (exact) mass is 245 g/mol. The normalized spacial score (nSPS) is 9.77. The van der Waals surface area contributed by atoms with Crippen LogP contribution in [0.3, 0.4) is 0 Å². The van der Waals surface area contributed by atoms with Crippen LogP contribution in [0, 0.1) is 5.82 Å². The zero-order valence-electron chi connectivity index (χ0n) is 7.10. The van der Waals surface area contributed by atoms with Gasteiger partial charge in [0.2, 0.25) is 0 Å². The SMILES string of the molecule is CCNC(=O)c1cc(F)cc(Br)c1. The number of benzene rings is 1. The molecule has 0 atom stereocenters. The van der Waals surface area contributed by atoms with Gasteiger partial charge in [0.15, 0.2) is 0 Å². The summed E-state index contributed by atoms with van der Waals surface area (Å²) in [4.78, 5) is 11.3. The molecule has 0 spiro atoms. The quantitative estimate of drug-likeness (QED) is 0.852. The molecule has 1 aromatic carbocycles. The number of hydrogen-bond donors (Lipinski definition) is 1. The fraction of sp³-hybridized carbons (Fsp3) is 0.222. The second-order valence-electron chi connectivity index (χ2n) is 2.52. The summed E-state index contributed by atoms with van der Waals surface area (Å²) in [5.41, 5.74) is 0.328. The van der Waals surface area contributed by atoms with Gasteiger partial charge in [-0.15, -0.1) is 0 Å². The molecule has 4 heteroatoms. The van der Waals surface area contributed by atoms with E-state index in [-0.39, 0.29) is 5.91 Å². The third-order valence-electron chi connectivity index (χ3n) is 1.46. The lowest BCUT2D eigenvalue weighted by molar-refractivity contribution is 0.0955. The topological polar surface area (TPSA) is 29.1 Å². The summed E-state index contributed by atoms with van der Waals surface area (Å²) in [6.07, 6.45) is 0. The van der Waals surface area contributed by atoms with E-state index < -0.39 is 5.82 Å². The van der Waals surface area contributed by atoms with E-state index in [4.69, 9.17) is 0 Å². The fourth-order valence-electron chi connectivity index (χ4n) is 0.948. The van der Waals surface area contributed by atoms with Crippen molar-refractivity contribution in [2.75, 3.05) is 6.54 Å². The molecule has 0 unspecified atom stereocenters. The van der Waals surface area contributed by atoms with E-state index in [1.165, 1.54) is 12.1 Å². The van der Waals surface area contributed by atoms with E-state index in [9.17, 15) is 9.18 Å². The van der Waals surface area contributed by atoms with Gasteiger partial charge in [0.25, 0.3) is 5.91 Å². The smallest absolute Gasteiger partial charge is 0.251 e. The van der Waals surface area contributed by atoms with Crippen molar-refractivity contribution < 1.29 is 9.18 Å². The van der Waals surface area contributed by atoms with E-state index in [2.05, 4.69) is 21.2 Å². The maximum Gasteiger partial charge on any atom is 0.251 e. The van der Waals surface area contributed by atoms with Gasteiger partial charge in [-0.3, -0.25) is 4.79 Å². The second-order valence-corrected chi connectivity index (χ2v) is 3.43. The van der Waals surface area contributed by atoms with Crippen LogP contribution in [0.2, 0.25) is 0 Å². The Hall–Kier alpha value is -0.900. The van der Waals surface area contributed by atoms with Gasteiger partial charge in [-0.1, -0.05) is 15.9 Å². The van der Waals surface area contributed by atoms with Crippen LogP contribution in [-0.4, -0.2) is 12.5 Å². The molecule has 0 heterocycles. The maximum atomic E-state index is 12.8. The van der Waals surface area contributed by atoms with Gasteiger partial charge < -0.3 is 5.32 Å². The molecule has 0 radical (unpaired) electrons. The standard InChI is InChI=1S/C9H9BrFNO/c1-2-12-9(13)6-3-7(10)5-8(11)4-6/h3-5H,2H2,1H3,(H,12,13). The minimum Gasteiger partial charge on any atom is -0.352 e. The molecule has 1 aromatic rings. The van der Waals surface area contributed by atoms with Crippen molar-refractivity contribution in [2.45, 2.75) is 6.92 Å². The Balaban J connectivity index is 2.94. The van der Waals surface area contributed by atoms with E-state index in [0.29, 0.717) is 16.6 Å². The minimum atomic E-state index is -0.421. The van der Waals surface area contributed by atoms with Gasteiger partial charge in [0.1, 0.15) is 5.82 Å². The van der Waals surface area contributed by atoms with Crippen LogP contribution in [0.1, 0.15) is 17.3 Å².